The van der Waals surface area contributed by atoms with Gasteiger partial charge in [0.05, 0.1) is 6.61 Å². The van der Waals surface area contributed by atoms with Gasteiger partial charge in [-0.1, -0.05) is 0 Å². The van der Waals surface area contributed by atoms with E-state index in [0.29, 0.717) is 0 Å². The van der Waals surface area contributed by atoms with Gasteiger partial charge in [0.25, 0.3) is 5.24 Å². The van der Waals surface area contributed by atoms with Crippen molar-refractivity contribution in [2.24, 2.45) is 5.73 Å². The number of rotatable bonds is 6. The smallest absolute Gasteiger partial charge is 0.251 e. The summed E-state index contributed by atoms with van der Waals surface area (Å²) in [6.45, 7) is 0.0320. The number of hydrogen-bond donors (Lipinski definition) is 5. The maximum Gasteiger partial charge on any atom is 0.251 e. The second-order valence-electron chi connectivity index (χ2n) is 3.38. The Morgan fingerprint density at radius 2 is 1.81 bits per heavy atom. The number of aliphatic hydroxyl groups is 4. The second kappa shape index (κ2) is 5.67. The fraction of sp³-hybridized carbons (Fsp3) is 0.750. The molecular formula is C8H14ClNO6. The summed E-state index contributed by atoms with van der Waals surface area (Å²) in [5.74, 6) is -0.968. The van der Waals surface area contributed by atoms with Crippen molar-refractivity contribution >= 4 is 22.6 Å². The van der Waals surface area contributed by atoms with Crippen molar-refractivity contribution < 1.29 is 30.0 Å². The van der Waals surface area contributed by atoms with E-state index in [9.17, 15) is 19.8 Å². The number of halogens is 1. The predicted octanol–water partition coefficient (Wildman–Crippen LogP) is -2.89. The highest BCUT2D eigenvalue weighted by molar-refractivity contribution is 6.67. The van der Waals surface area contributed by atoms with E-state index in [-0.39, 0.29) is 0 Å². The van der Waals surface area contributed by atoms with E-state index in [4.69, 9.17) is 27.5 Å². The number of ketones is 1. The van der Waals surface area contributed by atoms with Crippen LogP contribution in [0.3, 0.4) is 0 Å². The molecule has 0 aliphatic rings. The van der Waals surface area contributed by atoms with Gasteiger partial charge in [0.15, 0.2) is 11.3 Å². The molecule has 0 amide bonds. The highest BCUT2D eigenvalue weighted by atomic mass is 35.5. The first kappa shape index (κ1) is 15.4. The first-order chi connectivity index (χ1) is 7.19. The molecule has 0 aromatic rings. The number of hydrogen-bond acceptors (Lipinski definition) is 7. The molecule has 0 bridgehead atoms. The molecular weight excluding hydrogens is 242 g/mol. The molecule has 8 heteroatoms. The summed E-state index contributed by atoms with van der Waals surface area (Å²) in [7, 11) is 0. The molecule has 0 rings (SSSR count). The Morgan fingerprint density at radius 1 is 1.38 bits per heavy atom. The molecule has 94 valence electrons. The van der Waals surface area contributed by atoms with Gasteiger partial charge in [-0.25, -0.2) is 0 Å². The molecule has 0 radical (unpaired) electrons. The first-order valence-corrected chi connectivity index (χ1v) is 4.72. The van der Waals surface area contributed by atoms with Crippen LogP contribution in [-0.4, -0.2) is 61.9 Å². The molecule has 0 aromatic heterocycles. The fourth-order valence-corrected chi connectivity index (χ4v) is 1.30. The molecule has 0 heterocycles. The van der Waals surface area contributed by atoms with E-state index in [1.54, 1.807) is 0 Å². The Kier molecular flexibility index (Phi) is 5.47. The zero-order valence-electron chi connectivity index (χ0n) is 8.50. The zero-order valence-corrected chi connectivity index (χ0v) is 9.26. The number of nitrogens with two attached hydrogens (primary N) is 1. The molecule has 0 fully saturated rings. The Balaban J connectivity index is 5.11. The SMILES string of the molecule is CC(=O)[C@](N)(C(=O)Cl)[C@@H](O)[C@H](O)[C@H](O)CO. The van der Waals surface area contributed by atoms with E-state index in [2.05, 4.69) is 0 Å². The lowest BCUT2D eigenvalue weighted by atomic mass is 9.85. The molecule has 0 aliphatic carbocycles. The summed E-state index contributed by atoms with van der Waals surface area (Å²) in [4.78, 5) is 22.1. The Hall–Kier alpha value is -0.570. The van der Waals surface area contributed by atoms with Crippen molar-refractivity contribution in [3.63, 3.8) is 0 Å². The van der Waals surface area contributed by atoms with E-state index in [0.717, 1.165) is 6.92 Å². The molecule has 0 spiro atoms. The Labute approximate surface area is 96.4 Å². The van der Waals surface area contributed by atoms with Crippen LogP contribution in [0.25, 0.3) is 0 Å². The van der Waals surface area contributed by atoms with Crippen molar-refractivity contribution in [2.45, 2.75) is 30.8 Å². The molecule has 0 aliphatic heterocycles. The lowest BCUT2D eigenvalue weighted by molar-refractivity contribution is -0.145. The van der Waals surface area contributed by atoms with Gasteiger partial charge >= 0.3 is 0 Å². The van der Waals surface area contributed by atoms with Crippen molar-refractivity contribution in [3.05, 3.63) is 0 Å². The standard InChI is InChI=1S/C8H14ClNO6/c1-3(12)8(10,7(9)16)6(15)5(14)4(13)2-11/h4-6,11,13-15H,2,10H2,1H3/t4-,5-,6+,8-/m1/s1. The molecule has 0 saturated carbocycles. The fourth-order valence-electron chi connectivity index (χ4n) is 1.05. The lowest BCUT2D eigenvalue weighted by Crippen LogP contribution is -2.66. The van der Waals surface area contributed by atoms with Crippen LogP contribution in [0.4, 0.5) is 0 Å². The number of carbonyl (C=O) groups is 2. The van der Waals surface area contributed by atoms with Crippen LogP contribution in [0.15, 0.2) is 0 Å². The normalized spacial score (nSPS) is 20.7. The predicted molar refractivity (Wildman–Crippen MR) is 53.6 cm³/mol. The molecule has 7 nitrogen and oxygen atoms in total. The minimum Gasteiger partial charge on any atom is -0.394 e. The Morgan fingerprint density at radius 3 is 2.06 bits per heavy atom. The number of Topliss-reactive ketones (excluding diaryl/α,β-unsaturated/α-hetero) is 1. The van der Waals surface area contributed by atoms with Crippen molar-refractivity contribution in [2.75, 3.05) is 6.61 Å². The van der Waals surface area contributed by atoms with Crippen LogP contribution in [0.5, 0.6) is 0 Å². The van der Waals surface area contributed by atoms with Gasteiger partial charge in [0.1, 0.15) is 18.3 Å². The molecule has 4 atom stereocenters. The van der Waals surface area contributed by atoms with Gasteiger partial charge in [-0.15, -0.1) is 0 Å². The van der Waals surface area contributed by atoms with Gasteiger partial charge < -0.3 is 26.2 Å². The minimum atomic E-state index is -2.52. The summed E-state index contributed by atoms with van der Waals surface area (Å²) < 4.78 is 0. The highest BCUT2D eigenvalue weighted by Crippen LogP contribution is 2.18. The quantitative estimate of drug-likeness (QED) is 0.253. The molecule has 0 unspecified atom stereocenters. The van der Waals surface area contributed by atoms with Gasteiger partial charge in [-0.2, -0.15) is 0 Å². The van der Waals surface area contributed by atoms with Crippen LogP contribution >= 0.6 is 11.6 Å². The average Bonchev–Trinajstić information content (AvgIpc) is 2.23. The van der Waals surface area contributed by atoms with E-state index >= 15 is 0 Å². The molecule has 16 heavy (non-hydrogen) atoms. The van der Waals surface area contributed by atoms with Crippen LogP contribution in [0.1, 0.15) is 6.92 Å². The maximum absolute atomic E-state index is 11.1. The Bertz CT molecular complexity index is 270. The molecule has 0 saturated heterocycles. The van der Waals surface area contributed by atoms with Gasteiger partial charge in [0, 0.05) is 0 Å². The summed E-state index contributed by atoms with van der Waals surface area (Å²) in [6, 6.07) is 0. The topological polar surface area (TPSA) is 141 Å². The summed E-state index contributed by atoms with van der Waals surface area (Å²) >= 11 is 5.07. The van der Waals surface area contributed by atoms with Crippen LogP contribution in [0.2, 0.25) is 0 Å². The minimum absolute atomic E-state index is 0.872. The summed E-state index contributed by atoms with van der Waals surface area (Å²) in [6.07, 6.45) is -5.83. The highest BCUT2D eigenvalue weighted by Gasteiger charge is 2.49. The van der Waals surface area contributed by atoms with E-state index < -0.39 is 41.5 Å². The van der Waals surface area contributed by atoms with Crippen molar-refractivity contribution in [3.8, 4) is 0 Å². The third-order valence-electron chi connectivity index (χ3n) is 2.28. The third kappa shape index (κ3) is 2.76. The number of carbonyl (C=O) groups excluding carboxylic acids is 2. The second-order valence-corrected chi connectivity index (χ2v) is 3.73. The molecule has 0 aromatic carbocycles. The van der Waals surface area contributed by atoms with Crippen molar-refractivity contribution in [1.82, 2.24) is 0 Å². The monoisotopic (exact) mass is 255 g/mol. The van der Waals surface area contributed by atoms with Crippen molar-refractivity contribution in [1.29, 1.82) is 0 Å². The largest absolute Gasteiger partial charge is 0.394 e. The van der Waals surface area contributed by atoms with Gasteiger partial charge in [0.2, 0.25) is 0 Å². The summed E-state index contributed by atoms with van der Waals surface area (Å²) in [5, 5.41) is 35.0. The first-order valence-electron chi connectivity index (χ1n) is 4.34. The molecule has 6 N–H and O–H groups in total. The van der Waals surface area contributed by atoms with Gasteiger partial charge in [-0.3, -0.25) is 9.59 Å². The van der Waals surface area contributed by atoms with E-state index in [1.807, 2.05) is 0 Å². The average molecular weight is 256 g/mol. The lowest BCUT2D eigenvalue weighted by Gasteiger charge is -2.32. The zero-order chi connectivity index (χ0) is 13.1. The third-order valence-corrected chi connectivity index (χ3v) is 2.59. The number of aliphatic hydroxyl groups excluding tert-OH is 4. The van der Waals surface area contributed by atoms with Crippen LogP contribution in [-0.2, 0) is 9.59 Å². The van der Waals surface area contributed by atoms with Crippen LogP contribution < -0.4 is 5.73 Å². The summed E-state index contributed by atoms with van der Waals surface area (Å²) in [5.41, 5.74) is 2.77. The van der Waals surface area contributed by atoms with Crippen LogP contribution in [0, 0.1) is 0 Å². The maximum atomic E-state index is 11.1. The van der Waals surface area contributed by atoms with Gasteiger partial charge in [-0.05, 0) is 18.5 Å². The van der Waals surface area contributed by atoms with E-state index in [1.165, 1.54) is 0 Å².